The molecule has 0 aliphatic rings. The lowest BCUT2D eigenvalue weighted by atomic mass is 10.1. The third-order valence-electron chi connectivity index (χ3n) is 4.73. The number of amides is 3. The van der Waals surface area contributed by atoms with Crippen molar-refractivity contribution in [1.82, 2.24) is 10.9 Å². The van der Waals surface area contributed by atoms with Crippen molar-refractivity contribution in [2.24, 2.45) is 0 Å². The van der Waals surface area contributed by atoms with Crippen molar-refractivity contribution >= 4 is 40.4 Å². The van der Waals surface area contributed by atoms with Gasteiger partial charge in [0, 0.05) is 47.9 Å². The molecule has 0 aliphatic carbocycles. The molecular formula is C24H26N4O3S. The minimum Gasteiger partial charge on any atom is -0.378 e. The molecule has 3 amide bonds. The predicted molar refractivity (Wildman–Crippen MR) is 128 cm³/mol. The molecule has 7 nitrogen and oxygen atoms in total. The van der Waals surface area contributed by atoms with Crippen molar-refractivity contribution in [2.45, 2.75) is 19.3 Å². The van der Waals surface area contributed by atoms with Gasteiger partial charge in [0.15, 0.2) is 0 Å². The highest BCUT2D eigenvalue weighted by Gasteiger charge is 2.11. The highest BCUT2D eigenvalue weighted by Crippen LogP contribution is 2.15. The van der Waals surface area contributed by atoms with Crippen LogP contribution < -0.4 is 21.1 Å². The summed E-state index contributed by atoms with van der Waals surface area (Å²) in [6.07, 6.45) is 2.02. The van der Waals surface area contributed by atoms with E-state index in [1.54, 1.807) is 53.8 Å². The Balaban J connectivity index is 1.50. The Bertz CT molecular complexity index is 1080. The number of hydrogen-bond acceptors (Lipinski definition) is 5. The van der Waals surface area contributed by atoms with E-state index in [9.17, 15) is 14.4 Å². The minimum absolute atomic E-state index is 0.104. The maximum Gasteiger partial charge on any atom is 0.269 e. The molecule has 166 valence electrons. The zero-order valence-corrected chi connectivity index (χ0v) is 18.9. The molecule has 0 saturated carbocycles. The van der Waals surface area contributed by atoms with Crippen LogP contribution in [0.15, 0.2) is 66.0 Å². The molecule has 1 heterocycles. The van der Waals surface area contributed by atoms with Crippen LogP contribution in [0.1, 0.15) is 38.4 Å². The lowest BCUT2D eigenvalue weighted by Gasteiger charge is -2.14. The molecule has 0 saturated heterocycles. The Labute approximate surface area is 191 Å². The summed E-state index contributed by atoms with van der Waals surface area (Å²) in [5, 5.41) is 4.84. The van der Waals surface area contributed by atoms with Crippen LogP contribution in [-0.2, 0) is 11.2 Å². The van der Waals surface area contributed by atoms with Crippen LogP contribution in [0.5, 0.6) is 0 Å². The van der Waals surface area contributed by atoms with E-state index in [2.05, 4.69) is 22.2 Å². The average Bonchev–Trinajstić information content (AvgIpc) is 3.31. The van der Waals surface area contributed by atoms with E-state index in [0.717, 1.165) is 18.5 Å². The summed E-state index contributed by atoms with van der Waals surface area (Å²) < 4.78 is 0. The zero-order valence-electron chi connectivity index (χ0n) is 18.1. The van der Waals surface area contributed by atoms with Crippen LogP contribution in [0.25, 0.3) is 0 Å². The number of thiophene rings is 1. The van der Waals surface area contributed by atoms with Crippen molar-refractivity contribution in [3.8, 4) is 0 Å². The third kappa shape index (κ3) is 6.68. The molecule has 3 aromatic rings. The van der Waals surface area contributed by atoms with Crippen molar-refractivity contribution in [3.63, 3.8) is 0 Å². The van der Waals surface area contributed by atoms with Crippen LogP contribution in [0, 0.1) is 0 Å². The Kier molecular flexibility index (Phi) is 7.99. The van der Waals surface area contributed by atoms with E-state index in [0.29, 0.717) is 23.2 Å². The maximum atomic E-state index is 12.5. The minimum atomic E-state index is -0.476. The standard InChI is InChI=1S/C24H26N4O3S/c1-28(2)20-10-4-8-18(16-20)24(31)27-26-23(30)17-7-3-9-19(15-17)25-22(29)13-5-11-21-12-6-14-32-21/h3-4,6-10,12,14-16H,5,11,13H2,1-2H3,(H,25,29)(H,26,30)(H,27,31). The monoisotopic (exact) mass is 450 g/mol. The fourth-order valence-corrected chi connectivity index (χ4v) is 3.77. The fourth-order valence-electron chi connectivity index (χ4n) is 3.02. The summed E-state index contributed by atoms with van der Waals surface area (Å²) in [6.45, 7) is 0. The third-order valence-corrected chi connectivity index (χ3v) is 5.67. The highest BCUT2D eigenvalue weighted by atomic mass is 32.1. The molecule has 0 aliphatic heterocycles. The molecule has 8 heteroatoms. The Morgan fingerprint density at radius 1 is 0.875 bits per heavy atom. The van der Waals surface area contributed by atoms with Gasteiger partial charge in [-0.25, -0.2) is 0 Å². The first-order chi connectivity index (χ1) is 15.4. The largest absolute Gasteiger partial charge is 0.378 e. The molecule has 0 atom stereocenters. The van der Waals surface area contributed by atoms with Gasteiger partial charge in [-0.1, -0.05) is 18.2 Å². The normalized spacial score (nSPS) is 10.3. The van der Waals surface area contributed by atoms with Crippen LogP contribution in [0.3, 0.4) is 0 Å². The van der Waals surface area contributed by atoms with E-state index in [1.165, 1.54) is 4.88 Å². The van der Waals surface area contributed by atoms with Crippen molar-refractivity contribution in [3.05, 3.63) is 82.0 Å². The van der Waals surface area contributed by atoms with E-state index < -0.39 is 11.8 Å². The molecule has 0 bridgehead atoms. The maximum absolute atomic E-state index is 12.5. The highest BCUT2D eigenvalue weighted by molar-refractivity contribution is 7.09. The van der Waals surface area contributed by atoms with Crippen LogP contribution in [-0.4, -0.2) is 31.8 Å². The number of rotatable bonds is 8. The quantitative estimate of drug-likeness (QED) is 0.455. The van der Waals surface area contributed by atoms with Gasteiger partial charge in [-0.3, -0.25) is 25.2 Å². The lowest BCUT2D eigenvalue weighted by Crippen LogP contribution is -2.41. The summed E-state index contributed by atoms with van der Waals surface area (Å²) in [4.78, 5) is 40.1. The van der Waals surface area contributed by atoms with Gasteiger partial charge in [0.2, 0.25) is 5.91 Å². The van der Waals surface area contributed by atoms with Gasteiger partial charge < -0.3 is 10.2 Å². The van der Waals surface area contributed by atoms with Gasteiger partial charge in [0.05, 0.1) is 0 Å². The second-order valence-electron chi connectivity index (χ2n) is 7.41. The topological polar surface area (TPSA) is 90.5 Å². The van der Waals surface area contributed by atoms with Crippen LogP contribution in [0.4, 0.5) is 11.4 Å². The number of carbonyl (C=O) groups excluding carboxylic acids is 3. The van der Waals surface area contributed by atoms with E-state index >= 15 is 0 Å². The van der Waals surface area contributed by atoms with Crippen molar-refractivity contribution < 1.29 is 14.4 Å². The van der Waals surface area contributed by atoms with Crippen molar-refractivity contribution in [1.29, 1.82) is 0 Å². The van der Waals surface area contributed by atoms with Crippen molar-refractivity contribution in [2.75, 3.05) is 24.3 Å². The lowest BCUT2D eigenvalue weighted by molar-refractivity contribution is -0.116. The number of nitrogens with zero attached hydrogens (tertiary/aromatic N) is 1. The Morgan fingerprint density at radius 3 is 2.22 bits per heavy atom. The SMILES string of the molecule is CN(C)c1cccc(C(=O)NNC(=O)c2cccc(NC(=O)CCCc3cccs3)c2)c1. The second kappa shape index (κ2) is 11.1. The van der Waals surface area contributed by atoms with Gasteiger partial charge in [0.1, 0.15) is 0 Å². The van der Waals surface area contributed by atoms with E-state index in [4.69, 9.17) is 0 Å². The molecule has 0 radical (unpaired) electrons. The van der Waals surface area contributed by atoms with Gasteiger partial charge in [0.25, 0.3) is 11.8 Å². The van der Waals surface area contributed by atoms with E-state index in [-0.39, 0.29) is 5.91 Å². The summed E-state index contributed by atoms with van der Waals surface area (Å²) in [5.41, 5.74) is 7.00. The van der Waals surface area contributed by atoms with Gasteiger partial charge in [-0.05, 0) is 60.7 Å². The summed E-state index contributed by atoms with van der Waals surface area (Å²) in [7, 11) is 3.77. The molecule has 3 rings (SSSR count). The summed E-state index contributed by atoms with van der Waals surface area (Å²) >= 11 is 1.68. The molecule has 3 N–H and O–H groups in total. The number of hydrogen-bond donors (Lipinski definition) is 3. The number of hydrazine groups is 1. The Hall–Kier alpha value is -3.65. The van der Waals surface area contributed by atoms with Crippen LogP contribution in [0.2, 0.25) is 0 Å². The summed E-state index contributed by atoms with van der Waals surface area (Å²) in [5.74, 6) is -0.999. The number of anilines is 2. The van der Waals surface area contributed by atoms with Gasteiger partial charge in [-0.2, -0.15) is 0 Å². The average molecular weight is 451 g/mol. The zero-order chi connectivity index (χ0) is 22.9. The smallest absolute Gasteiger partial charge is 0.269 e. The molecule has 0 spiro atoms. The first-order valence-corrected chi connectivity index (χ1v) is 11.1. The molecular weight excluding hydrogens is 424 g/mol. The number of nitrogens with one attached hydrogen (secondary N) is 3. The van der Waals surface area contributed by atoms with E-state index in [1.807, 2.05) is 36.5 Å². The Morgan fingerprint density at radius 2 is 1.56 bits per heavy atom. The first kappa shape index (κ1) is 23.0. The molecule has 0 unspecified atom stereocenters. The molecule has 1 aromatic heterocycles. The fraction of sp³-hybridized carbons (Fsp3) is 0.208. The number of benzene rings is 2. The number of carbonyl (C=O) groups is 3. The first-order valence-electron chi connectivity index (χ1n) is 10.2. The predicted octanol–water partition coefficient (Wildman–Crippen LogP) is 3.85. The summed E-state index contributed by atoms with van der Waals surface area (Å²) in [6, 6.07) is 17.7. The molecule has 32 heavy (non-hydrogen) atoms. The molecule has 2 aromatic carbocycles. The molecule has 0 fully saturated rings. The van der Waals surface area contributed by atoms with Gasteiger partial charge in [-0.15, -0.1) is 11.3 Å². The van der Waals surface area contributed by atoms with Gasteiger partial charge >= 0.3 is 0 Å². The van der Waals surface area contributed by atoms with Crippen LogP contribution >= 0.6 is 11.3 Å². The second-order valence-corrected chi connectivity index (χ2v) is 8.45. The number of aryl methyl sites for hydroxylation is 1.